The summed E-state index contributed by atoms with van der Waals surface area (Å²) in [5.74, 6) is 0. The maximum atomic E-state index is 10.4. The SMILES string of the molecule is Cc1cc(C)c(NC(=O)O)cc1C. The van der Waals surface area contributed by atoms with Gasteiger partial charge in [-0.3, -0.25) is 5.32 Å². The highest BCUT2D eigenvalue weighted by Crippen LogP contribution is 2.19. The second kappa shape index (κ2) is 3.47. The van der Waals surface area contributed by atoms with Crippen LogP contribution in [0, 0.1) is 20.8 Å². The average Bonchev–Trinajstić information content (AvgIpc) is 1.99. The molecular weight excluding hydrogens is 166 g/mol. The molecule has 3 heteroatoms. The lowest BCUT2D eigenvalue weighted by molar-refractivity contribution is 0.209. The van der Waals surface area contributed by atoms with Gasteiger partial charge in [-0.15, -0.1) is 0 Å². The molecular formula is C10H13NO2. The Morgan fingerprint density at radius 2 is 1.69 bits per heavy atom. The van der Waals surface area contributed by atoms with E-state index in [-0.39, 0.29) is 0 Å². The van der Waals surface area contributed by atoms with Crippen LogP contribution in [0.1, 0.15) is 16.7 Å². The first-order valence-corrected chi connectivity index (χ1v) is 4.08. The van der Waals surface area contributed by atoms with Gasteiger partial charge < -0.3 is 5.11 Å². The Morgan fingerprint density at radius 1 is 1.15 bits per heavy atom. The maximum Gasteiger partial charge on any atom is 0.409 e. The number of rotatable bonds is 1. The average molecular weight is 179 g/mol. The van der Waals surface area contributed by atoms with Crippen LogP contribution >= 0.6 is 0 Å². The highest BCUT2D eigenvalue weighted by molar-refractivity contribution is 5.84. The smallest absolute Gasteiger partial charge is 0.409 e. The molecule has 1 aromatic carbocycles. The van der Waals surface area contributed by atoms with Crippen LogP contribution in [-0.2, 0) is 0 Å². The van der Waals surface area contributed by atoms with Gasteiger partial charge in [-0.05, 0) is 43.5 Å². The van der Waals surface area contributed by atoms with Crippen molar-refractivity contribution in [1.82, 2.24) is 0 Å². The van der Waals surface area contributed by atoms with Crippen molar-refractivity contribution >= 4 is 11.8 Å². The minimum Gasteiger partial charge on any atom is -0.465 e. The summed E-state index contributed by atoms with van der Waals surface area (Å²) in [6, 6.07) is 3.82. The summed E-state index contributed by atoms with van der Waals surface area (Å²) in [4.78, 5) is 10.4. The van der Waals surface area contributed by atoms with Crippen molar-refractivity contribution < 1.29 is 9.90 Å². The molecule has 0 spiro atoms. The fourth-order valence-corrected chi connectivity index (χ4v) is 1.21. The van der Waals surface area contributed by atoms with Gasteiger partial charge in [0.05, 0.1) is 0 Å². The van der Waals surface area contributed by atoms with Crippen molar-refractivity contribution in [1.29, 1.82) is 0 Å². The molecule has 0 unspecified atom stereocenters. The third-order valence-corrected chi connectivity index (χ3v) is 2.08. The van der Waals surface area contributed by atoms with Crippen molar-refractivity contribution in [2.24, 2.45) is 0 Å². The van der Waals surface area contributed by atoms with Crippen LogP contribution in [0.5, 0.6) is 0 Å². The number of aryl methyl sites for hydroxylation is 3. The number of nitrogens with one attached hydrogen (secondary N) is 1. The zero-order chi connectivity index (χ0) is 10.0. The normalized spacial score (nSPS) is 9.77. The van der Waals surface area contributed by atoms with Gasteiger partial charge in [-0.2, -0.15) is 0 Å². The van der Waals surface area contributed by atoms with Gasteiger partial charge in [0, 0.05) is 5.69 Å². The van der Waals surface area contributed by atoms with E-state index in [1.165, 1.54) is 5.56 Å². The molecule has 3 nitrogen and oxygen atoms in total. The second-order valence-corrected chi connectivity index (χ2v) is 3.18. The number of benzene rings is 1. The molecule has 0 aromatic heterocycles. The summed E-state index contributed by atoms with van der Waals surface area (Å²) in [6.45, 7) is 5.85. The standard InChI is InChI=1S/C10H13NO2/c1-6-4-8(3)9(5-7(6)2)11-10(12)13/h4-5,11H,1-3H3,(H,12,13). The van der Waals surface area contributed by atoms with E-state index in [9.17, 15) is 4.79 Å². The molecule has 0 aliphatic carbocycles. The summed E-state index contributed by atoms with van der Waals surface area (Å²) in [7, 11) is 0. The summed E-state index contributed by atoms with van der Waals surface area (Å²) >= 11 is 0. The van der Waals surface area contributed by atoms with E-state index < -0.39 is 6.09 Å². The van der Waals surface area contributed by atoms with Crippen LogP contribution in [-0.4, -0.2) is 11.2 Å². The number of carbonyl (C=O) groups is 1. The molecule has 13 heavy (non-hydrogen) atoms. The number of anilines is 1. The molecule has 0 aliphatic rings. The van der Waals surface area contributed by atoms with E-state index in [0.29, 0.717) is 5.69 Å². The lowest BCUT2D eigenvalue weighted by Gasteiger charge is -2.08. The summed E-state index contributed by atoms with van der Waals surface area (Å²) in [5, 5.41) is 10.9. The molecule has 1 aromatic rings. The Balaban J connectivity index is 3.08. The van der Waals surface area contributed by atoms with Crippen molar-refractivity contribution in [3.05, 3.63) is 28.8 Å². The van der Waals surface area contributed by atoms with E-state index >= 15 is 0 Å². The Labute approximate surface area is 77.4 Å². The molecule has 70 valence electrons. The molecule has 1 amide bonds. The molecule has 0 saturated carbocycles. The lowest BCUT2D eigenvalue weighted by Crippen LogP contribution is -2.08. The molecule has 1 rings (SSSR count). The van der Waals surface area contributed by atoms with Crippen molar-refractivity contribution in [2.75, 3.05) is 5.32 Å². The molecule has 2 N–H and O–H groups in total. The lowest BCUT2D eigenvalue weighted by atomic mass is 10.1. The number of hydrogen-bond acceptors (Lipinski definition) is 1. The van der Waals surface area contributed by atoms with Gasteiger partial charge in [-0.25, -0.2) is 4.79 Å². The first kappa shape index (κ1) is 9.58. The molecule has 0 heterocycles. The number of hydrogen-bond donors (Lipinski definition) is 2. The summed E-state index contributed by atoms with van der Waals surface area (Å²) in [6.07, 6.45) is -1.02. The molecule has 0 radical (unpaired) electrons. The quantitative estimate of drug-likeness (QED) is 0.696. The molecule has 0 bridgehead atoms. The van der Waals surface area contributed by atoms with Crippen LogP contribution in [0.2, 0.25) is 0 Å². The Bertz CT molecular complexity index is 345. The van der Waals surface area contributed by atoms with Gasteiger partial charge in [0.1, 0.15) is 0 Å². The monoisotopic (exact) mass is 179 g/mol. The van der Waals surface area contributed by atoms with E-state index in [4.69, 9.17) is 5.11 Å². The highest BCUT2D eigenvalue weighted by atomic mass is 16.4. The molecule has 0 saturated heterocycles. The summed E-state index contributed by atoms with van der Waals surface area (Å²) < 4.78 is 0. The first-order valence-electron chi connectivity index (χ1n) is 4.08. The first-order chi connectivity index (χ1) is 6.00. The van der Waals surface area contributed by atoms with Crippen molar-refractivity contribution in [3.8, 4) is 0 Å². The zero-order valence-electron chi connectivity index (χ0n) is 8.01. The molecule has 0 aliphatic heterocycles. The van der Waals surface area contributed by atoms with E-state index in [0.717, 1.165) is 11.1 Å². The summed E-state index contributed by atoms with van der Waals surface area (Å²) in [5.41, 5.74) is 3.88. The van der Waals surface area contributed by atoms with Crippen LogP contribution in [0.15, 0.2) is 12.1 Å². The van der Waals surface area contributed by atoms with Crippen molar-refractivity contribution in [3.63, 3.8) is 0 Å². The van der Waals surface area contributed by atoms with Gasteiger partial charge in [-0.1, -0.05) is 6.07 Å². The zero-order valence-corrected chi connectivity index (χ0v) is 8.01. The third-order valence-electron chi connectivity index (χ3n) is 2.08. The van der Waals surface area contributed by atoms with E-state index in [1.54, 1.807) is 0 Å². The van der Waals surface area contributed by atoms with Gasteiger partial charge in [0.2, 0.25) is 0 Å². The second-order valence-electron chi connectivity index (χ2n) is 3.18. The maximum absolute atomic E-state index is 10.4. The Morgan fingerprint density at radius 3 is 2.23 bits per heavy atom. The third kappa shape index (κ3) is 2.21. The highest BCUT2D eigenvalue weighted by Gasteiger charge is 2.03. The topological polar surface area (TPSA) is 49.3 Å². The fourth-order valence-electron chi connectivity index (χ4n) is 1.21. The minimum absolute atomic E-state index is 0.663. The Kier molecular flexibility index (Phi) is 2.56. The number of amides is 1. The van der Waals surface area contributed by atoms with E-state index in [2.05, 4.69) is 5.32 Å². The van der Waals surface area contributed by atoms with Gasteiger partial charge in [0.25, 0.3) is 0 Å². The van der Waals surface area contributed by atoms with Crippen LogP contribution in [0.3, 0.4) is 0 Å². The molecule has 0 fully saturated rings. The molecule has 0 atom stereocenters. The fraction of sp³-hybridized carbons (Fsp3) is 0.300. The predicted octanol–water partition coefficient (Wildman–Crippen LogP) is 2.70. The van der Waals surface area contributed by atoms with Crippen LogP contribution in [0.4, 0.5) is 10.5 Å². The minimum atomic E-state index is -1.02. The Hall–Kier alpha value is -1.51. The van der Waals surface area contributed by atoms with Crippen molar-refractivity contribution in [2.45, 2.75) is 20.8 Å². The van der Waals surface area contributed by atoms with E-state index in [1.807, 2.05) is 32.9 Å². The van der Waals surface area contributed by atoms with Gasteiger partial charge in [0.15, 0.2) is 0 Å². The largest absolute Gasteiger partial charge is 0.465 e. The van der Waals surface area contributed by atoms with Crippen LogP contribution in [0.25, 0.3) is 0 Å². The van der Waals surface area contributed by atoms with Gasteiger partial charge >= 0.3 is 6.09 Å². The van der Waals surface area contributed by atoms with Crippen LogP contribution < -0.4 is 5.32 Å². The predicted molar refractivity (Wildman–Crippen MR) is 52.3 cm³/mol. The number of carboxylic acid groups (broad SMARTS) is 1.